The zero-order valence-corrected chi connectivity index (χ0v) is 15.2. The first kappa shape index (κ1) is 17.5. The van der Waals surface area contributed by atoms with E-state index >= 15 is 0 Å². The second-order valence-electron chi connectivity index (χ2n) is 7.17. The highest BCUT2D eigenvalue weighted by atomic mass is 16.2. The molecule has 27 heavy (non-hydrogen) atoms. The maximum atomic E-state index is 12.1. The van der Waals surface area contributed by atoms with E-state index < -0.39 is 0 Å². The molecule has 0 bridgehead atoms. The number of carbonyl (C=O) groups is 2. The van der Waals surface area contributed by atoms with E-state index in [0.29, 0.717) is 24.6 Å². The largest absolute Gasteiger partial charge is 0.337 e. The van der Waals surface area contributed by atoms with Gasteiger partial charge in [-0.3, -0.25) is 4.79 Å². The van der Waals surface area contributed by atoms with Gasteiger partial charge in [-0.05, 0) is 48.2 Å². The molecule has 1 atom stereocenters. The van der Waals surface area contributed by atoms with Gasteiger partial charge in [0.2, 0.25) is 5.91 Å². The van der Waals surface area contributed by atoms with Crippen molar-refractivity contribution in [1.82, 2.24) is 10.2 Å². The molecule has 0 radical (unpaired) electrons. The summed E-state index contributed by atoms with van der Waals surface area (Å²) < 4.78 is 0. The van der Waals surface area contributed by atoms with Crippen LogP contribution in [-0.4, -0.2) is 43.0 Å². The van der Waals surface area contributed by atoms with E-state index in [4.69, 9.17) is 0 Å². The highest BCUT2D eigenvalue weighted by Crippen LogP contribution is 2.27. The number of nitrogens with one attached hydrogen (secondary N) is 3. The molecule has 6 heteroatoms. The Morgan fingerprint density at radius 2 is 2.04 bits per heavy atom. The molecule has 2 aliphatic rings. The molecular weight excluding hydrogens is 340 g/mol. The number of anilines is 2. The van der Waals surface area contributed by atoms with Crippen LogP contribution >= 0.6 is 0 Å². The molecule has 1 unspecified atom stereocenters. The third kappa shape index (κ3) is 4.28. The van der Waals surface area contributed by atoms with E-state index in [1.165, 1.54) is 5.56 Å². The molecule has 1 saturated heterocycles. The summed E-state index contributed by atoms with van der Waals surface area (Å²) in [5.41, 5.74) is 3.85. The first-order valence-electron chi connectivity index (χ1n) is 9.42. The first-order chi connectivity index (χ1) is 13.2. The lowest BCUT2D eigenvalue weighted by atomic mass is 9.99. The summed E-state index contributed by atoms with van der Waals surface area (Å²) in [6.07, 6.45) is 1.53. The van der Waals surface area contributed by atoms with E-state index in [1.54, 1.807) is 6.07 Å². The molecule has 1 fully saturated rings. The third-order valence-corrected chi connectivity index (χ3v) is 5.25. The smallest absolute Gasteiger partial charge is 0.319 e. The molecule has 140 valence electrons. The van der Waals surface area contributed by atoms with E-state index in [9.17, 15) is 9.59 Å². The van der Waals surface area contributed by atoms with Crippen LogP contribution in [0.3, 0.4) is 0 Å². The van der Waals surface area contributed by atoms with E-state index in [-0.39, 0.29) is 11.9 Å². The first-order valence-corrected chi connectivity index (χ1v) is 9.42. The Balaban J connectivity index is 1.20. The summed E-state index contributed by atoms with van der Waals surface area (Å²) in [5, 5.41) is 8.54. The maximum absolute atomic E-state index is 12.1. The predicted molar refractivity (Wildman–Crippen MR) is 106 cm³/mol. The summed E-state index contributed by atoms with van der Waals surface area (Å²) in [5.74, 6) is 0.578. The van der Waals surface area contributed by atoms with Crippen molar-refractivity contribution in [2.24, 2.45) is 0 Å². The number of likely N-dealkylation sites (tertiary alicyclic amines) is 1. The van der Waals surface area contributed by atoms with E-state index in [1.807, 2.05) is 18.2 Å². The molecule has 2 aliphatic heterocycles. The molecule has 4 rings (SSSR count). The van der Waals surface area contributed by atoms with Crippen molar-refractivity contribution < 1.29 is 9.59 Å². The Morgan fingerprint density at radius 3 is 2.89 bits per heavy atom. The molecule has 0 spiro atoms. The zero-order valence-electron chi connectivity index (χ0n) is 15.2. The molecule has 0 saturated carbocycles. The third-order valence-electron chi connectivity index (χ3n) is 5.25. The minimum absolute atomic E-state index is 0.00831. The normalized spacial score (nSPS) is 18.8. The minimum atomic E-state index is -0.217. The average Bonchev–Trinajstić information content (AvgIpc) is 3.28. The number of nitrogens with zero attached hydrogens (tertiary/aromatic N) is 1. The van der Waals surface area contributed by atoms with Crippen LogP contribution in [0.4, 0.5) is 16.2 Å². The topological polar surface area (TPSA) is 73.5 Å². The standard InChI is InChI=1S/C21H24N4O2/c26-20-13-17-12-18(6-7-19(17)24-20)23-21(27)22-9-11-25-10-8-16(14-25)15-4-2-1-3-5-15/h1-7,12,16H,8-11,13-14H2,(H,24,26)(H2,22,23,27). The van der Waals surface area contributed by atoms with Crippen molar-refractivity contribution in [3.8, 4) is 0 Å². The fourth-order valence-corrected chi connectivity index (χ4v) is 3.84. The number of hydrogen-bond acceptors (Lipinski definition) is 3. The predicted octanol–water partition coefficient (Wildman–Crippen LogP) is 2.79. The lowest BCUT2D eigenvalue weighted by molar-refractivity contribution is -0.115. The van der Waals surface area contributed by atoms with Crippen LogP contribution in [0.5, 0.6) is 0 Å². The van der Waals surface area contributed by atoms with Crippen LogP contribution in [0, 0.1) is 0 Å². The van der Waals surface area contributed by atoms with Crippen LogP contribution in [0.1, 0.15) is 23.5 Å². The average molecular weight is 364 g/mol. The quantitative estimate of drug-likeness (QED) is 0.764. The lowest BCUT2D eigenvalue weighted by Crippen LogP contribution is -2.36. The number of fused-ring (bicyclic) bond motifs is 1. The van der Waals surface area contributed by atoms with Crippen LogP contribution < -0.4 is 16.0 Å². The van der Waals surface area contributed by atoms with Crippen LogP contribution in [-0.2, 0) is 11.2 Å². The molecule has 6 nitrogen and oxygen atoms in total. The molecule has 2 heterocycles. The summed E-state index contributed by atoms with van der Waals surface area (Å²) >= 11 is 0. The van der Waals surface area contributed by atoms with Crippen molar-refractivity contribution in [2.45, 2.75) is 18.8 Å². The number of amides is 3. The van der Waals surface area contributed by atoms with Gasteiger partial charge in [-0.1, -0.05) is 30.3 Å². The molecule has 2 aromatic carbocycles. The minimum Gasteiger partial charge on any atom is -0.337 e. The molecule has 0 aromatic heterocycles. The number of benzene rings is 2. The van der Waals surface area contributed by atoms with Gasteiger partial charge in [-0.2, -0.15) is 0 Å². The molecule has 3 amide bonds. The number of rotatable bonds is 5. The maximum Gasteiger partial charge on any atom is 0.319 e. The van der Waals surface area contributed by atoms with E-state index in [2.05, 4.69) is 45.1 Å². The Morgan fingerprint density at radius 1 is 1.19 bits per heavy atom. The van der Waals surface area contributed by atoms with Crippen LogP contribution in [0.15, 0.2) is 48.5 Å². The summed E-state index contributed by atoms with van der Waals surface area (Å²) in [4.78, 5) is 25.9. The van der Waals surface area contributed by atoms with Crippen molar-refractivity contribution >= 4 is 23.3 Å². The second-order valence-corrected chi connectivity index (χ2v) is 7.17. The van der Waals surface area contributed by atoms with Gasteiger partial charge in [0.25, 0.3) is 0 Å². The van der Waals surface area contributed by atoms with Crippen LogP contribution in [0.2, 0.25) is 0 Å². The number of urea groups is 1. The fraction of sp³-hybridized carbons (Fsp3) is 0.333. The molecular formula is C21H24N4O2. The molecule has 2 aromatic rings. The summed E-state index contributed by atoms with van der Waals surface area (Å²) in [6.45, 7) is 3.56. The van der Waals surface area contributed by atoms with Gasteiger partial charge in [0.15, 0.2) is 0 Å². The number of hydrogen-bond donors (Lipinski definition) is 3. The fourth-order valence-electron chi connectivity index (χ4n) is 3.84. The lowest BCUT2D eigenvalue weighted by Gasteiger charge is -2.17. The van der Waals surface area contributed by atoms with Crippen molar-refractivity contribution in [1.29, 1.82) is 0 Å². The zero-order chi connectivity index (χ0) is 18.6. The second kappa shape index (κ2) is 7.80. The molecule has 0 aliphatic carbocycles. The summed E-state index contributed by atoms with van der Waals surface area (Å²) in [6, 6.07) is 15.9. The summed E-state index contributed by atoms with van der Waals surface area (Å²) in [7, 11) is 0. The highest BCUT2D eigenvalue weighted by Gasteiger charge is 2.23. The SMILES string of the molecule is O=C1Cc2cc(NC(=O)NCCN3CCC(c4ccccc4)C3)ccc2N1. The Labute approximate surface area is 158 Å². The number of carbonyl (C=O) groups excluding carboxylic acids is 2. The Kier molecular flexibility index (Phi) is 5.07. The van der Waals surface area contributed by atoms with Crippen molar-refractivity contribution in [3.05, 3.63) is 59.7 Å². The van der Waals surface area contributed by atoms with Gasteiger partial charge in [0.1, 0.15) is 0 Å². The molecule has 3 N–H and O–H groups in total. The highest BCUT2D eigenvalue weighted by molar-refractivity contribution is 6.00. The van der Waals surface area contributed by atoms with Gasteiger partial charge >= 0.3 is 6.03 Å². The van der Waals surface area contributed by atoms with Gasteiger partial charge in [0.05, 0.1) is 6.42 Å². The van der Waals surface area contributed by atoms with Gasteiger partial charge in [-0.25, -0.2) is 4.79 Å². The Hall–Kier alpha value is -2.86. The van der Waals surface area contributed by atoms with Crippen molar-refractivity contribution in [2.75, 3.05) is 36.8 Å². The Bertz CT molecular complexity index is 837. The van der Waals surface area contributed by atoms with Crippen molar-refractivity contribution in [3.63, 3.8) is 0 Å². The van der Waals surface area contributed by atoms with Crippen LogP contribution in [0.25, 0.3) is 0 Å². The van der Waals surface area contributed by atoms with Gasteiger partial charge in [0, 0.05) is 31.0 Å². The van der Waals surface area contributed by atoms with Gasteiger partial charge < -0.3 is 20.9 Å². The van der Waals surface area contributed by atoms with Gasteiger partial charge in [-0.15, -0.1) is 0 Å². The van der Waals surface area contributed by atoms with E-state index in [0.717, 1.165) is 37.3 Å². The monoisotopic (exact) mass is 364 g/mol.